The highest BCUT2D eigenvalue weighted by molar-refractivity contribution is 6.09. The molecule has 9 heteroatoms. The second kappa shape index (κ2) is 15.1. The average Bonchev–Trinajstić information content (AvgIpc) is 3.18. The lowest BCUT2D eigenvalue weighted by Gasteiger charge is -2.56. The van der Waals surface area contributed by atoms with E-state index in [1.807, 2.05) is 54.3 Å². The van der Waals surface area contributed by atoms with Gasteiger partial charge in [-0.15, -0.1) is 0 Å². The lowest BCUT2D eigenvalue weighted by atomic mass is 9.49. The van der Waals surface area contributed by atoms with Crippen molar-refractivity contribution in [2.75, 3.05) is 57.3 Å². The van der Waals surface area contributed by atoms with Crippen LogP contribution in [0.4, 0.5) is 5.69 Å². The summed E-state index contributed by atoms with van der Waals surface area (Å²) in [6, 6.07) is 20.1. The van der Waals surface area contributed by atoms with Gasteiger partial charge in [0.25, 0.3) is 5.91 Å². The Balaban J connectivity index is 0.978. The number of anilines is 1. The van der Waals surface area contributed by atoms with Crippen molar-refractivity contribution >= 4 is 34.4 Å². The molecule has 54 heavy (non-hydrogen) atoms. The van der Waals surface area contributed by atoms with Crippen molar-refractivity contribution in [3.63, 3.8) is 0 Å². The number of carbonyl (C=O) groups excluding carboxylic acids is 3. The lowest BCUT2D eigenvalue weighted by molar-refractivity contribution is -0.128. The monoisotopic (exact) mass is 727 g/mol. The van der Waals surface area contributed by atoms with Crippen molar-refractivity contribution in [2.45, 2.75) is 59.3 Å². The van der Waals surface area contributed by atoms with Gasteiger partial charge in [0.2, 0.25) is 11.8 Å². The summed E-state index contributed by atoms with van der Waals surface area (Å²) in [7, 11) is 0. The molecule has 2 aliphatic heterocycles. The Morgan fingerprint density at radius 1 is 0.833 bits per heavy atom. The maximum Gasteiger partial charge on any atom is 0.254 e. The molecule has 0 radical (unpaired) electrons. The predicted octanol–water partition coefficient (Wildman–Crippen LogP) is 7.14. The Morgan fingerprint density at radius 2 is 1.52 bits per heavy atom. The Morgan fingerprint density at radius 3 is 2.20 bits per heavy atom. The van der Waals surface area contributed by atoms with Gasteiger partial charge in [0, 0.05) is 104 Å². The molecule has 0 aromatic heterocycles. The van der Waals surface area contributed by atoms with Crippen LogP contribution >= 0.6 is 0 Å². The van der Waals surface area contributed by atoms with Gasteiger partial charge in [-0.2, -0.15) is 0 Å². The Kier molecular flexibility index (Phi) is 10.1. The quantitative estimate of drug-likeness (QED) is 0.138. The van der Waals surface area contributed by atoms with Gasteiger partial charge in [-0.05, 0) is 118 Å². The summed E-state index contributed by atoms with van der Waals surface area (Å²) in [5.41, 5.74) is 5.40. The summed E-state index contributed by atoms with van der Waals surface area (Å²) < 4.78 is 6.57. The third-order valence-corrected chi connectivity index (χ3v) is 12.6. The molecule has 2 aromatic carbocycles. The maximum absolute atomic E-state index is 14.3. The molecule has 2 aromatic rings. The van der Waals surface area contributed by atoms with E-state index in [-0.39, 0.29) is 23.1 Å². The lowest BCUT2D eigenvalue weighted by Crippen LogP contribution is -2.51. The SMILES string of the molecule is CCN=c1ccc2c(-c3ccccc3C(=O)N3CCN(C(=O)/C=C\C(=O)NCC45CC6CC(CC(C6)C4)C5)CC3)c3ccc(N(CC)CC)cc3oc-2c1. The van der Waals surface area contributed by atoms with E-state index in [2.05, 4.69) is 47.3 Å². The first kappa shape index (κ1) is 36.1. The van der Waals surface area contributed by atoms with Gasteiger partial charge < -0.3 is 24.4 Å². The Labute approximate surface area is 318 Å². The van der Waals surface area contributed by atoms with E-state index in [0.717, 1.165) is 69.5 Å². The molecule has 5 fully saturated rings. The first-order valence-corrected chi connectivity index (χ1v) is 20.2. The number of nitrogens with zero attached hydrogens (tertiary/aromatic N) is 4. The minimum Gasteiger partial charge on any atom is -0.456 e. The highest BCUT2D eigenvalue weighted by Gasteiger charge is 2.50. The van der Waals surface area contributed by atoms with Crippen LogP contribution in [-0.2, 0) is 9.59 Å². The Bertz CT molecular complexity index is 2090. The number of benzene rings is 3. The van der Waals surface area contributed by atoms with E-state index < -0.39 is 0 Å². The number of rotatable bonds is 10. The molecule has 3 amide bonds. The third kappa shape index (κ3) is 7.05. The van der Waals surface area contributed by atoms with Crippen LogP contribution in [0.2, 0.25) is 0 Å². The fraction of sp³-hybridized carbons (Fsp3) is 0.467. The normalized spacial score (nSPS) is 23.8. The van der Waals surface area contributed by atoms with Crippen molar-refractivity contribution in [1.29, 1.82) is 0 Å². The number of fused-ring (bicyclic) bond motifs is 2. The Hall–Kier alpha value is -4.92. The van der Waals surface area contributed by atoms with Crippen molar-refractivity contribution in [1.82, 2.24) is 15.1 Å². The number of hydrogen-bond acceptors (Lipinski definition) is 6. The topological polar surface area (TPSA) is 98.5 Å². The molecule has 2 heterocycles. The van der Waals surface area contributed by atoms with Crippen molar-refractivity contribution in [2.24, 2.45) is 28.2 Å². The predicted molar refractivity (Wildman–Crippen MR) is 213 cm³/mol. The van der Waals surface area contributed by atoms with Gasteiger partial charge in [0.15, 0.2) is 0 Å². The van der Waals surface area contributed by atoms with Crippen molar-refractivity contribution < 1.29 is 18.8 Å². The van der Waals surface area contributed by atoms with Crippen LogP contribution in [0.1, 0.15) is 69.7 Å². The molecular formula is C45H53N5O4. The van der Waals surface area contributed by atoms with E-state index in [4.69, 9.17) is 4.42 Å². The molecule has 0 unspecified atom stereocenters. The van der Waals surface area contributed by atoms with E-state index in [1.54, 1.807) is 4.90 Å². The summed E-state index contributed by atoms with van der Waals surface area (Å²) in [5.74, 6) is 2.75. The summed E-state index contributed by atoms with van der Waals surface area (Å²) >= 11 is 0. The molecule has 5 aliphatic carbocycles. The van der Waals surface area contributed by atoms with Gasteiger partial charge >= 0.3 is 0 Å². The van der Waals surface area contributed by atoms with Gasteiger partial charge in [-0.1, -0.05) is 18.2 Å². The molecule has 9 nitrogen and oxygen atoms in total. The van der Waals surface area contributed by atoms with Crippen LogP contribution in [0.3, 0.4) is 0 Å². The van der Waals surface area contributed by atoms with Crippen LogP contribution in [0, 0.1) is 23.2 Å². The molecule has 1 saturated heterocycles. The minimum absolute atomic E-state index is 0.0725. The maximum atomic E-state index is 14.3. The van der Waals surface area contributed by atoms with E-state index in [1.165, 1.54) is 50.7 Å². The molecule has 4 saturated carbocycles. The molecule has 4 bridgehead atoms. The summed E-state index contributed by atoms with van der Waals surface area (Å²) in [4.78, 5) is 50.8. The highest BCUT2D eigenvalue weighted by Crippen LogP contribution is 2.59. The van der Waals surface area contributed by atoms with Gasteiger partial charge in [0.1, 0.15) is 11.3 Å². The zero-order valence-electron chi connectivity index (χ0n) is 32.0. The molecule has 282 valence electrons. The van der Waals surface area contributed by atoms with Crippen molar-refractivity contribution in [3.8, 4) is 22.5 Å². The van der Waals surface area contributed by atoms with Crippen LogP contribution < -0.4 is 15.6 Å². The average molecular weight is 728 g/mol. The summed E-state index contributed by atoms with van der Waals surface area (Å²) in [6.45, 7) is 11.1. The van der Waals surface area contributed by atoms with Crippen molar-refractivity contribution in [3.05, 3.63) is 83.7 Å². The van der Waals surface area contributed by atoms with Crippen LogP contribution in [-0.4, -0.2) is 79.9 Å². The van der Waals surface area contributed by atoms with E-state index in [0.29, 0.717) is 50.6 Å². The molecule has 0 atom stereocenters. The fourth-order valence-electron chi connectivity index (χ4n) is 10.5. The third-order valence-electron chi connectivity index (χ3n) is 12.6. The second-order valence-corrected chi connectivity index (χ2v) is 16.1. The standard InChI is InChI=1S/C45H53N5O4/c1-4-46-33-11-13-37-39(24-33)54-40-25-34(48(5-2)6-3)12-14-38(40)43(37)35-9-7-8-10-36(35)44(53)50-19-17-49(18-20-50)42(52)16-15-41(51)47-29-45-26-30-21-31(27-45)23-32(22-30)28-45/h7-16,24-25,30-32H,4-6,17-23,26-29H2,1-3H3,(H,47,51)/b16-15-,46-33?. The fourth-order valence-corrected chi connectivity index (χ4v) is 10.5. The summed E-state index contributed by atoms with van der Waals surface area (Å²) in [6.07, 6.45) is 10.6. The molecule has 1 N–H and O–H groups in total. The van der Waals surface area contributed by atoms with Crippen LogP contribution in [0.5, 0.6) is 0 Å². The number of hydrogen-bond donors (Lipinski definition) is 1. The molecular weight excluding hydrogens is 675 g/mol. The first-order valence-electron chi connectivity index (χ1n) is 20.2. The second-order valence-electron chi connectivity index (χ2n) is 16.1. The zero-order valence-corrected chi connectivity index (χ0v) is 32.0. The molecule has 0 spiro atoms. The minimum atomic E-state index is -0.198. The van der Waals surface area contributed by atoms with Gasteiger partial charge in [0.05, 0.1) is 5.36 Å². The zero-order chi connectivity index (χ0) is 37.4. The van der Waals surface area contributed by atoms with E-state index >= 15 is 0 Å². The van der Waals surface area contributed by atoms with Crippen LogP contribution in [0.25, 0.3) is 33.4 Å². The highest BCUT2D eigenvalue weighted by atomic mass is 16.3. The van der Waals surface area contributed by atoms with Crippen LogP contribution in [0.15, 0.2) is 82.2 Å². The number of piperazine rings is 1. The molecule has 9 rings (SSSR count). The van der Waals surface area contributed by atoms with E-state index in [9.17, 15) is 14.4 Å². The van der Waals surface area contributed by atoms with Gasteiger partial charge in [-0.25, -0.2) is 0 Å². The number of carbonyl (C=O) groups is 3. The number of amides is 3. The smallest absolute Gasteiger partial charge is 0.254 e. The first-order chi connectivity index (χ1) is 26.3. The van der Waals surface area contributed by atoms with Gasteiger partial charge in [-0.3, -0.25) is 19.4 Å². The largest absolute Gasteiger partial charge is 0.456 e. The molecule has 7 aliphatic rings. The summed E-state index contributed by atoms with van der Waals surface area (Å²) in [5, 5.41) is 4.92. The number of nitrogens with one attached hydrogen (secondary N) is 1.